The average Bonchev–Trinajstić information content (AvgIpc) is 2.15. The van der Waals surface area contributed by atoms with E-state index in [1.807, 2.05) is 13.8 Å². The van der Waals surface area contributed by atoms with Crippen molar-refractivity contribution in [1.29, 1.82) is 0 Å². The SMILES string of the molecule is CC(C)N(CCN)c1n[nH]c(=O)[nH]c1=O. The number of aromatic nitrogens is 3. The minimum absolute atomic E-state index is 0.0908. The summed E-state index contributed by atoms with van der Waals surface area (Å²) in [5, 5.41) is 5.90. The minimum Gasteiger partial charge on any atom is -0.347 e. The third-order valence-electron chi connectivity index (χ3n) is 1.96. The number of aromatic amines is 2. The lowest BCUT2D eigenvalue weighted by atomic mass is 10.3. The van der Waals surface area contributed by atoms with Crippen LogP contribution in [-0.4, -0.2) is 34.3 Å². The van der Waals surface area contributed by atoms with E-state index in [9.17, 15) is 9.59 Å². The molecule has 0 amide bonds. The minimum atomic E-state index is -0.611. The molecule has 15 heavy (non-hydrogen) atoms. The van der Waals surface area contributed by atoms with E-state index in [1.54, 1.807) is 4.90 Å². The van der Waals surface area contributed by atoms with Gasteiger partial charge in [0, 0.05) is 19.1 Å². The maximum Gasteiger partial charge on any atom is 0.342 e. The van der Waals surface area contributed by atoms with E-state index in [4.69, 9.17) is 5.73 Å². The molecular weight excluding hydrogens is 198 g/mol. The molecule has 0 saturated heterocycles. The van der Waals surface area contributed by atoms with Crippen molar-refractivity contribution in [3.63, 3.8) is 0 Å². The Balaban J connectivity index is 3.11. The molecule has 0 fully saturated rings. The predicted molar refractivity (Wildman–Crippen MR) is 57.0 cm³/mol. The van der Waals surface area contributed by atoms with Crippen LogP contribution in [0.2, 0.25) is 0 Å². The fourth-order valence-corrected chi connectivity index (χ4v) is 1.28. The molecule has 1 aromatic heterocycles. The molecule has 0 radical (unpaired) electrons. The zero-order chi connectivity index (χ0) is 11.4. The van der Waals surface area contributed by atoms with Gasteiger partial charge in [0.2, 0.25) is 5.82 Å². The van der Waals surface area contributed by atoms with E-state index >= 15 is 0 Å². The summed E-state index contributed by atoms with van der Waals surface area (Å²) in [5.41, 5.74) is 4.32. The first kappa shape index (κ1) is 11.4. The van der Waals surface area contributed by atoms with Gasteiger partial charge in [-0.3, -0.25) is 9.78 Å². The zero-order valence-electron chi connectivity index (χ0n) is 8.78. The number of hydrogen-bond acceptors (Lipinski definition) is 5. The number of H-pyrrole nitrogens is 2. The average molecular weight is 213 g/mol. The topological polar surface area (TPSA) is 108 Å². The Bertz CT molecular complexity index is 422. The number of rotatable bonds is 4. The summed E-state index contributed by atoms with van der Waals surface area (Å²) in [6, 6.07) is 0.0908. The van der Waals surface area contributed by atoms with Gasteiger partial charge in [0.1, 0.15) is 0 Å². The van der Waals surface area contributed by atoms with E-state index in [-0.39, 0.29) is 11.9 Å². The summed E-state index contributed by atoms with van der Waals surface area (Å²) in [5.74, 6) is 0.190. The molecule has 1 rings (SSSR count). The van der Waals surface area contributed by atoms with Gasteiger partial charge >= 0.3 is 5.69 Å². The van der Waals surface area contributed by atoms with Crippen LogP contribution in [0.5, 0.6) is 0 Å². The van der Waals surface area contributed by atoms with Gasteiger partial charge in [0.15, 0.2) is 0 Å². The maximum atomic E-state index is 11.4. The van der Waals surface area contributed by atoms with Crippen molar-refractivity contribution in [2.24, 2.45) is 5.73 Å². The van der Waals surface area contributed by atoms with Crippen molar-refractivity contribution in [3.05, 3.63) is 20.8 Å². The molecule has 0 unspecified atom stereocenters. The van der Waals surface area contributed by atoms with Gasteiger partial charge < -0.3 is 10.6 Å². The third-order valence-corrected chi connectivity index (χ3v) is 1.96. The first-order valence-electron chi connectivity index (χ1n) is 4.72. The summed E-state index contributed by atoms with van der Waals surface area (Å²) >= 11 is 0. The molecule has 0 bridgehead atoms. The Hall–Kier alpha value is -1.63. The van der Waals surface area contributed by atoms with Crippen LogP contribution in [0.25, 0.3) is 0 Å². The van der Waals surface area contributed by atoms with Crippen molar-refractivity contribution in [1.82, 2.24) is 15.2 Å². The van der Waals surface area contributed by atoms with Gasteiger partial charge in [-0.25, -0.2) is 9.89 Å². The highest BCUT2D eigenvalue weighted by atomic mass is 16.2. The number of hydrogen-bond donors (Lipinski definition) is 3. The Labute approximate surface area is 86.3 Å². The maximum absolute atomic E-state index is 11.4. The molecule has 0 aliphatic heterocycles. The lowest BCUT2D eigenvalue weighted by Crippen LogP contribution is -2.41. The summed E-state index contributed by atoms with van der Waals surface area (Å²) in [7, 11) is 0. The zero-order valence-corrected chi connectivity index (χ0v) is 8.78. The number of nitrogens with one attached hydrogen (secondary N) is 2. The molecule has 1 aromatic rings. The van der Waals surface area contributed by atoms with Crippen LogP contribution in [0, 0.1) is 0 Å². The molecule has 0 aliphatic rings. The van der Waals surface area contributed by atoms with Crippen LogP contribution in [0.4, 0.5) is 5.82 Å². The lowest BCUT2D eigenvalue weighted by molar-refractivity contribution is 0.658. The molecule has 0 spiro atoms. The Morgan fingerprint density at radius 2 is 2.13 bits per heavy atom. The van der Waals surface area contributed by atoms with Gasteiger partial charge in [-0.05, 0) is 13.8 Å². The Morgan fingerprint density at radius 3 is 2.60 bits per heavy atom. The second kappa shape index (κ2) is 4.74. The van der Waals surface area contributed by atoms with Crippen molar-refractivity contribution in [2.45, 2.75) is 19.9 Å². The molecule has 0 saturated carbocycles. The van der Waals surface area contributed by atoms with Crippen molar-refractivity contribution in [2.75, 3.05) is 18.0 Å². The highest BCUT2D eigenvalue weighted by molar-refractivity contribution is 5.35. The summed E-state index contributed by atoms with van der Waals surface area (Å²) in [4.78, 5) is 26.1. The van der Waals surface area contributed by atoms with Gasteiger partial charge in [-0.1, -0.05) is 0 Å². The summed E-state index contributed by atoms with van der Waals surface area (Å²) < 4.78 is 0. The van der Waals surface area contributed by atoms with E-state index in [0.29, 0.717) is 13.1 Å². The van der Waals surface area contributed by atoms with Crippen molar-refractivity contribution >= 4 is 5.82 Å². The molecule has 7 heteroatoms. The van der Waals surface area contributed by atoms with Crippen molar-refractivity contribution < 1.29 is 0 Å². The fraction of sp³-hybridized carbons (Fsp3) is 0.625. The van der Waals surface area contributed by atoms with Crippen LogP contribution >= 0.6 is 0 Å². The predicted octanol–water partition coefficient (Wildman–Crippen LogP) is -1.37. The highest BCUT2D eigenvalue weighted by Gasteiger charge is 2.14. The van der Waals surface area contributed by atoms with E-state index in [0.717, 1.165) is 0 Å². The van der Waals surface area contributed by atoms with Gasteiger partial charge in [-0.2, -0.15) is 0 Å². The molecule has 0 aromatic carbocycles. The van der Waals surface area contributed by atoms with Crippen LogP contribution < -0.4 is 21.9 Å². The van der Waals surface area contributed by atoms with Crippen LogP contribution in [0.1, 0.15) is 13.8 Å². The van der Waals surface area contributed by atoms with Crippen LogP contribution in [-0.2, 0) is 0 Å². The summed E-state index contributed by atoms with van der Waals surface area (Å²) in [6.07, 6.45) is 0. The monoisotopic (exact) mass is 213 g/mol. The largest absolute Gasteiger partial charge is 0.347 e. The van der Waals surface area contributed by atoms with E-state index in [1.165, 1.54) is 0 Å². The van der Waals surface area contributed by atoms with Gasteiger partial charge in [0.25, 0.3) is 5.56 Å². The quantitative estimate of drug-likeness (QED) is 0.572. The molecule has 0 atom stereocenters. The van der Waals surface area contributed by atoms with Crippen LogP contribution in [0.15, 0.2) is 9.59 Å². The molecule has 4 N–H and O–H groups in total. The van der Waals surface area contributed by atoms with Gasteiger partial charge in [0.05, 0.1) is 0 Å². The summed E-state index contributed by atoms with van der Waals surface area (Å²) in [6.45, 7) is 4.77. The Morgan fingerprint density at radius 1 is 1.47 bits per heavy atom. The lowest BCUT2D eigenvalue weighted by Gasteiger charge is -2.25. The van der Waals surface area contributed by atoms with Gasteiger partial charge in [-0.15, -0.1) is 5.10 Å². The number of anilines is 1. The van der Waals surface area contributed by atoms with Crippen LogP contribution in [0.3, 0.4) is 0 Å². The highest BCUT2D eigenvalue weighted by Crippen LogP contribution is 2.04. The third kappa shape index (κ3) is 2.66. The fourth-order valence-electron chi connectivity index (χ4n) is 1.28. The van der Waals surface area contributed by atoms with E-state index in [2.05, 4.69) is 15.2 Å². The first-order valence-corrected chi connectivity index (χ1v) is 4.72. The smallest absolute Gasteiger partial charge is 0.342 e. The van der Waals surface area contributed by atoms with E-state index < -0.39 is 11.2 Å². The standard InChI is InChI=1S/C8H15N5O2/c1-5(2)13(4-3-9)6-7(14)10-8(15)12-11-6/h5H,3-4,9H2,1-2H3,(H2,10,12,14,15). The molecule has 1 heterocycles. The van der Waals surface area contributed by atoms with Crippen molar-refractivity contribution in [3.8, 4) is 0 Å². The number of nitrogens with two attached hydrogens (primary N) is 1. The second-order valence-corrected chi connectivity index (χ2v) is 3.41. The molecular formula is C8H15N5O2. The molecule has 0 aliphatic carbocycles. The molecule has 84 valence electrons. The first-order chi connectivity index (χ1) is 7.06. The number of nitrogens with zero attached hydrogens (tertiary/aromatic N) is 2. The Kier molecular flexibility index (Phi) is 3.62. The molecule has 7 nitrogen and oxygen atoms in total. The normalized spacial score (nSPS) is 10.7. The second-order valence-electron chi connectivity index (χ2n) is 3.41.